The molecule has 1 amide bonds. The van der Waals surface area contributed by atoms with Crippen LogP contribution in [0, 0.1) is 0 Å². The van der Waals surface area contributed by atoms with Crippen LogP contribution in [0.15, 0.2) is 36.5 Å². The van der Waals surface area contributed by atoms with E-state index >= 15 is 0 Å². The maximum atomic E-state index is 11.9. The number of fused-ring (bicyclic) bond motifs is 1. The van der Waals surface area contributed by atoms with E-state index in [9.17, 15) is 4.79 Å². The van der Waals surface area contributed by atoms with Crippen LogP contribution in [0.5, 0.6) is 0 Å². The average Bonchev–Trinajstić information content (AvgIpc) is 3.17. The molecule has 0 N–H and O–H groups in total. The van der Waals surface area contributed by atoms with Crippen molar-refractivity contribution in [3.63, 3.8) is 0 Å². The lowest BCUT2D eigenvalue weighted by Gasteiger charge is -2.33. The molecule has 1 fully saturated rings. The molecule has 1 saturated heterocycles. The molecule has 0 saturated carbocycles. The van der Waals surface area contributed by atoms with Gasteiger partial charge in [-0.05, 0) is 17.0 Å². The lowest BCUT2D eigenvalue weighted by atomic mass is 9.86. The lowest BCUT2D eigenvalue weighted by molar-refractivity contribution is -0.131. The first-order valence-electron chi connectivity index (χ1n) is 10.2. The third-order valence-corrected chi connectivity index (χ3v) is 5.49. The molecule has 0 unspecified atom stereocenters. The molecule has 3 aromatic rings. The van der Waals surface area contributed by atoms with E-state index in [1.165, 1.54) is 5.56 Å². The van der Waals surface area contributed by atoms with Gasteiger partial charge in [0.1, 0.15) is 0 Å². The van der Waals surface area contributed by atoms with E-state index in [1.807, 2.05) is 22.4 Å². The van der Waals surface area contributed by atoms with Crippen LogP contribution in [0.25, 0.3) is 17.0 Å². The van der Waals surface area contributed by atoms with Crippen molar-refractivity contribution >= 4 is 17.6 Å². The van der Waals surface area contributed by atoms with Crippen molar-refractivity contribution in [3.05, 3.63) is 42.1 Å². The molecule has 1 aliphatic rings. The number of carbonyl (C=O) groups is 1. The molecule has 0 spiro atoms. The zero-order valence-corrected chi connectivity index (χ0v) is 17.6. The van der Waals surface area contributed by atoms with Gasteiger partial charge in [-0.25, -0.2) is 4.98 Å². The number of hydrogen-bond donors (Lipinski definition) is 0. The van der Waals surface area contributed by atoms with Crippen LogP contribution in [0.1, 0.15) is 39.7 Å². The molecular formula is C22H28N6O. The van der Waals surface area contributed by atoms with E-state index in [-0.39, 0.29) is 11.3 Å². The van der Waals surface area contributed by atoms with Gasteiger partial charge in [-0.1, -0.05) is 52.0 Å². The van der Waals surface area contributed by atoms with Crippen LogP contribution in [-0.2, 0) is 10.2 Å². The summed E-state index contributed by atoms with van der Waals surface area (Å²) in [5.74, 6) is 1.46. The van der Waals surface area contributed by atoms with Gasteiger partial charge in [0.15, 0.2) is 0 Å². The molecule has 3 heterocycles. The summed E-state index contributed by atoms with van der Waals surface area (Å²) >= 11 is 0. The molecule has 0 aliphatic carbocycles. The first kappa shape index (κ1) is 19.4. The third-order valence-electron chi connectivity index (χ3n) is 5.49. The summed E-state index contributed by atoms with van der Waals surface area (Å²) in [5.41, 5.74) is 3.47. The summed E-state index contributed by atoms with van der Waals surface area (Å²) in [6, 6.07) is 10.6. The number of aromatic nitrogens is 4. The summed E-state index contributed by atoms with van der Waals surface area (Å²) in [5, 5.41) is 4.74. The Bertz CT molecular complexity index is 1010. The molecule has 4 rings (SSSR count). The Hall–Kier alpha value is -2.96. The first-order chi connectivity index (χ1) is 13.9. The van der Waals surface area contributed by atoms with Gasteiger partial charge < -0.3 is 9.80 Å². The Kier molecular flexibility index (Phi) is 4.98. The molecule has 29 heavy (non-hydrogen) atoms. The summed E-state index contributed by atoms with van der Waals surface area (Å²) in [4.78, 5) is 25.0. The van der Waals surface area contributed by atoms with Gasteiger partial charge in [0.05, 0.1) is 5.69 Å². The van der Waals surface area contributed by atoms with Crippen LogP contribution in [0.2, 0.25) is 0 Å². The van der Waals surface area contributed by atoms with Gasteiger partial charge in [-0.3, -0.25) is 4.79 Å². The summed E-state index contributed by atoms with van der Waals surface area (Å²) in [6.45, 7) is 11.4. The van der Waals surface area contributed by atoms with Crippen LogP contribution in [0.4, 0.5) is 5.95 Å². The number of anilines is 1. The Morgan fingerprint density at radius 3 is 2.34 bits per heavy atom. The minimum atomic E-state index is 0.119. The standard InChI is InChI=1S/C22H28N6O/c1-5-19(29)26-12-14-27(15-13-26)21-24-20-23-11-10-18(28(20)25-21)16-6-8-17(9-7-16)22(2,3)4/h6-11H,5,12-15H2,1-4H3. The van der Waals surface area contributed by atoms with E-state index in [0.717, 1.165) is 24.3 Å². The van der Waals surface area contributed by atoms with Crippen LogP contribution >= 0.6 is 0 Å². The van der Waals surface area contributed by atoms with Gasteiger partial charge in [-0.2, -0.15) is 9.50 Å². The highest BCUT2D eigenvalue weighted by Crippen LogP contribution is 2.26. The van der Waals surface area contributed by atoms with Gasteiger partial charge >= 0.3 is 0 Å². The van der Waals surface area contributed by atoms with Crippen molar-refractivity contribution < 1.29 is 4.79 Å². The van der Waals surface area contributed by atoms with E-state index in [1.54, 1.807) is 6.20 Å². The average molecular weight is 393 g/mol. The maximum Gasteiger partial charge on any atom is 0.254 e. The SMILES string of the molecule is CCC(=O)N1CCN(c2nc3nccc(-c4ccc(C(C)(C)C)cc4)n3n2)CC1. The monoisotopic (exact) mass is 392 g/mol. The smallest absolute Gasteiger partial charge is 0.254 e. The van der Waals surface area contributed by atoms with Crippen molar-refractivity contribution in [3.8, 4) is 11.3 Å². The molecule has 152 valence electrons. The molecule has 2 aromatic heterocycles. The number of benzene rings is 1. The van der Waals surface area contributed by atoms with Crippen LogP contribution in [0.3, 0.4) is 0 Å². The van der Waals surface area contributed by atoms with Gasteiger partial charge in [0, 0.05) is 44.4 Å². The quantitative estimate of drug-likeness (QED) is 0.685. The molecule has 1 aromatic carbocycles. The number of hydrogen-bond acceptors (Lipinski definition) is 5. The van der Waals surface area contributed by atoms with E-state index in [0.29, 0.717) is 31.2 Å². The number of rotatable bonds is 3. The van der Waals surface area contributed by atoms with Crippen molar-refractivity contribution in [2.24, 2.45) is 0 Å². The molecule has 0 radical (unpaired) electrons. The largest absolute Gasteiger partial charge is 0.339 e. The van der Waals surface area contributed by atoms with Crippen molar-refractivity contribution in [1.29, 1.82) is 0 Å². The van der Waals surface area contributed by atoms with Crippen molar-refractivity contribution in [1.82, 2.24) is 24.5 Å². The minimum Gasteiger partial charge on any atom is -0.339 e. The lowest BCUT2D eigenvalue weighted by Crippen LogP contribution is -2.49. The molecular weight excluding hydrogens is 364 g/mol. The van der Waals surface area contributed by atoms with E-state index in [4.69, 9.17) is 5.10 Å². The second kappa shape index (κ2) is 7.46. The van der Waals surface area contributed by atoms with Gasteiger partial charge in [-0.15, -0.1) is 5.10 Å². The second-order valence-electron chi connectivity index (χ2n) is 8.50. The van der Waals surface area contributed by atoms with Crippen molar-refractivity contribution in [2.75, 3.05) is 31.1 Å². The molecule has 1 aliphatic heterocycles. The van der Waals surface area contributed by atoms with E-state index in [2.05, 4.69) is 59.9 Å². The molecule has 7 nitrogen and oxygen atoms in total. The predicted octanol–water partition coefficient (Wildman–Crippen LogP) is 3.15. The molecule has 0 bridgehead atoms. The summed E-state index contributed by atoms with van der Waals surface area (Å²) < 4.78 is 1.81. The minimum absolute atomic E-state index is 0.119. The highest BCUT2D eigenvalue weighted by atomic mass is 16.2. The highest BCUT2D eigenvalue weighted by Gasteiger charge is 2.23. The summed E-state index contributed by atoms with van der Waals surface area (Å²) in [6.07, 6.45) is 2.33. The van der Waals surface area contributed by atoms with Crippen LogP contribution < -0.4 is 4.90 Å². The second-order valence-corrected chi connectivity index (χ2v) is 8.50. The fraction of sp³-hybridized carbons (Fsp3) is 0.455. The fourth-order valence-electron chi connectivity index (χ4n) is 3.66. The zero-order chi connectivity index (χ0) is 20.6. The maximum absolute atomic E-state index is 11.9. The van der Waals surface area contributed by atoms with E-state index < -0.39 is 0 Å². The Balaban J connectivity index is 1.60. The summed E-state index contributed by atoms with van der Waals surface area (Å²) in [7, 11) is 0. The third kappa shape index (κ3) is 3.81. The number of amides is 1. The Morgan fingerprint density at radius 2 is 1.72 bits per heavy atom. The predicted molar refractivity (Wildman–Crippen MR) is 114 cm³/mol. The Morgan fingerprint density at radius 1 is 1.03 bits per heavy atom. The molecule has 0 atom stereocenters. The normalized spacial score (nSPS) is 15.2. The van der Waals surface area contributed by atoms with Gasteiger partial charge in [0.2, 0.25) is 11.9 Å². The number of piperazine rings is 1. The molecule has 7 heteroatoms. The number of nitrogens with zero attached hydrogens (tertiary/aromatic N) is 6. The number of carbonyl (C=O) groups excluding carboxylic acids is 1. The Labute approximate surface area is 171 Å². The van der Waals surface area contributed by atoms with Crippen molar-refractivity contribution in [2.45, 2.75) is 39.5 Å². The highest BCUT2D eigenvalue weighted by molar-refractivity contribution is 5.76. The first-order valence-corrected chi connectivity index (χ1v) is 10.2. The van der Waals surface area contributed by atoms with Gasteiger partial charge in [0.25, 0.3) is 5.78 Å². The zero-order valence-electron chi connectivity index (χ0n) is 17.6. The van der Waals surface area contributed by atoms with Crippen LogP contribution in [-0.4, -0.2) is 56.6 Å². The topological polar surface area (TPSA) is 66.6 Å². The fourth-order valence-corrected chi connectivity index (χ4v) is 3.66.